The molecule has 12 heavy (non-hydrogen) atoms. The van der Waals surface area contributed by atoms with E-state index in [1.54, 1.807) is 6.20 Å². The molecule has 1 aliphatic carbocycles. The smallest absolute Gasteiger partial charge is 0.213 e. The van der Waals surface area contributed by atoms with Crippen LogP contribution in [0.15, 0.2) is 18.3 Å². The Morgan fingerprint density at radius 1 is 1.58 bits per heavy atom. The third-order valence-corrected chi connectivity index (χ3v) is 2.07. The lowest BCUT2D eigenvalue weighted by Crippen LogP contribution is -1.98. The van der Waals surface area contributed by atoms with E-state index < -0.39 is 0 Å². The highest BCUT2D eigenvalue weighted by molar-refractivity contribution is 6.17. The highest BCUT2D eigenvalue weighted by atomic mass is 35.5. The fraction of sp³-hybridized carbons (Fsp3) is 0.444. The lowest BCUT2D eigenvalue weighted by molar-refractivity contribution is 0.291. The zero-order valence-corrected chi connectivity index (χ0v) is 7.42. The van der Waals surface area contributed by atoms with Crippen molar-refractivity contribution in [3.8, 4) is 5.88 Å². The van der Waals surface area contributed by atoms with Crippen LogP contribution in [-0.2, 0) is 5.88 Å². The third-order valence-electron chi connectivity index (χ3n) is 1.77. The van der Waals surface area contributed by atoms with Crippen LogP contribution in [0.5, 0.6) is 5.88 Å². The van der Waals surface area contributed by atoms with Crippen LogP contribution in [-0.4, -0.2) is 11.1 Å². The number of ether oxygens (including phenoxy) is 1. The maximum atomic E-state index is 5.67. The molecular formula is C9H10ClNO. The summed E-state index contributed by atoms with van der Waals surface area (Å²) < 4.78 is 5.50. The Morgan fingerprint density at radius 2 is 2.42 bits per heavy atom. The van der Waals surface area contributed by atoms with E-state index in [2.05, 4.69) is 4.98 Å². The van der Waals surface area contributed by atoms with E-state index in [0.717, 1.165) is 18.4 Å². The molecule has 1 fully saturated rings. The van der Waals surface area contributed by atoms with Gasteiger partial charge in [0, 0.05) is 18.1 Å². The van der Waals surface area contributed by atoms with E-state index in [0.29, 0.717) is 17.9 Å². The topological polar surface area (TPSA) is 22.1 Å². The van der Waals surface area contributed by atoms with Gasteiger partial charge in [0.2, 0.25) is 5.88 Å². The van der Waals surface area contributed by atoms with Crippen LogP contribution >= 0.6 is 11.6 Å². The highest BCUT2D eigenvalue weighted by Gasteiger charge is 2.23. The summed E-state index contributed by atoms with van der Waals surface area (Å²) in [5.74, 6) is 1.22. The van der Waals surface area contributed by atoms with Gasteiger partial charge in [-0.3, -0.25) is 0 Å². The predicted octanol–water partition coefficient (Wildman–Crippen LogP) is 2.36. The molecule has 0 aliphatic heterocycles. The molecule has 2 rings (SSSR count). The quantitative estimate of drug-likeness (QED) is 0.672. The Bertz CT molecular complexity index is 273. The molecule has 1 saturated carbocycles. The van der Waals surface area contributed by atoms with Crippen molar-refractivity contribution in [2.75, 3.05) is 0 Å². The van der Waals surface area contributed by atoms with E-state index in [1.807, 2.05) is 12.1 Å². The Balaban J connectivity index is 2.08. The van der Waals surface area contributed by atoms with Crippen molar-refractivity contribution in [2.45, 2.75) is 24.8 Å². The van der Waals surface area contributed by atoms with Crippen molar-refractivity contribution in [1.29, 1.82) is 0 Å². The standard InChI is InChI=1S/C9H10ClNO/c10-6-7-3-4-11-9(5-7)12-8-1-2-8/h3-5,8H,1-2,6H2. The van der Waals surface area contributed by atoms with Crippen LogP contribution in [0.3, 0.4) is 0 Å². The largest absolute Gasteiger partial charge is 0.474 e. The highest BCUT2D eigenvalue weighted by Crippen LogP contribution is 2.25. The summed E-state index contributed by atoms with van der Waals surface area (Å²) in [5.41, 5.74) is 1.06. The fourth-order valence-corrected chi connectivity index (χ4v) is 1.12. The molecule has 1 aromatic heterocycles. The summed E-state index contributed by atoms with van der Waals surface area (Å²) >= 11 is 5.67. The molecule has 0 saturated heterocycles. The zero-order valence-electron chi connectivity index (χ0n) is 6.66. The second-order valence-corrected chi connectivity index (χ2v) is 3.22. The van der Waals surface area contributed by atoms with Crippen LogP contribution in [0.2, 0.25) is 0 Å². The molecule has 0 spiro atoms. The lowest BCUT2D eigenvalue weighted by atomic mass is 10.3. The molecule has 1 aromatic rings. The second kappa shape index (κ2) is 3.31. The Labute approximate surface area is 76.5 Å². The van der Waals surface area contributed by atoms with Gasteiger partial charge in [-0.1, -0.05) is 0 Å². The molecule has 64 valence electrons. The summed E-state index contributed by atoms with van der Waals surface area (Å²) in [6.07, 6.45) is 4.46. The van der Waals surface area contributed by atoms with Crippen LogP contribution in [0.4, 0.5) is 0 Å². The zero-order chi connectivity index (χ0) is 8.39. The normalized spacial score (nSPS) is 16.1. The molecule has 0 N–H and O–H groups in total. The molecule has 0 unspecified atom stereocenters. The van der Waals surface area contributed by atoms with Gasteiger partial charge >= 0.3 is 0 Å². The number of hydrogen-bond donors (Lipinski definition) is 0. The molecule has 1 aliphatic rings. The molecule has 0 amide bonds. The van der Waals surface area contributed by atoms with E-state index >= 15 is 0 Å². The number of hydrogen-bond acceptors (Lipinski definition) is 2. The van der Waals surface area contributed by atoms with Gasteiger partial charge in [0.05, 0.1) is 0 Å². The first-order valence-electron chi connectivity index (χ1n) is 4.06. The Hall–Kier alpha value is -0.760. The number of aromatic nitrogens is 1. The third kappa shape index (κ3) is 1.89. The van der Waals surface area contributed by atoms with Crippen LogP contribution in [0, 0.1) is 0 Å². The molecule has 0 atom stereocenters. The molecule has 2 nitrogen and oxygen atoms in total. The van der Waals surface area contributed by atoms with Gasteiger partial charge in [0.1, 0.15) is 6.10 Å². The van der Waals surface area contributed by atoms with E-state index in [-0.39, 0.29) is 0 Å². The van der Waals surface area contributed by atoms with Gasteiger partial charge in [0.25, 0.3) is 0 Å². The summed E-state index contributed by atoms with van der Waals surface area (Å²) in [7, 11) is 0. The van der Waals surface area contributed by atoms with E-state index in [9.17, 15) is 0 Å². The summed E-state index contributed by atoms with van der Waals surface area (Å²) in [5, 5.41) is 0. The van der Waals surface area contributed by atoms with E-state index in [1.165, 1.54) is 0 Å². The van der Waals surface area contributed by atoms with E-state index in [4.69, 9.17) is 16.3 Å². The second-order valence-electron chi connectivity index (χ2n) is 2.95. The van der Waals surface area contributed by atoms with Crippen LogP contribution in [0.25, 0.3) is 0 Å². The number of halogens is 1. The minimum atomic E-state index is 0.406. The minimum absolute atomic E-state index is 0.406. The van der Waals surface area contributed by atoms with Gasteiger partial charge < -0.3 is 4.74 Å². The first-order chi connectivity index (χ1) is 5.88. The maximum Gasteiger partial charge on any atom is 0.213 e. The Kier molecular flexibility index (Phi) is 2.17. The first-order valence-corrected chi connectivity index (χ1v) is 4.59. The first kappa shape index (κ1) is 7.87. The average molecular weight is 184 g/mol. The number of rotatable bonds is 3. The van der Waals surface area contributed by atoms with Crippen molar-refractivity contribution in [1.82, 2.24) is 4.98 Å². The van der Waals surface area contributed by atoms with Crippen LogP contribution < -0.4 is 4.74 Å². The molecule has 0 aromatic carbocycles. The van der Waals surface area contributed by atoms with Gasteiger partial charge in [-0.05, 0) is 24.5 Å². The summed E-state index contributed by atoms with van der Waals surface area (Å²) in [4.78, 5) is 4.09. The summed E-state index contributed by atoms with van der Waals surface area (Å²) in [6.45, 7) is 0. The molecule has 1 heterocycles. The number of pyridine rings is 1. The number of nitrogens with zero attached hydrogens (tertiary/aromatic N) is 1. The van der Waals surface area contributed by atoms with Gasteiger partial charge in [0.15, 0.2) is 0 Å². The van der Waals surface area contributed by atoms with Crippen molar-refractivity contribution < 1.29 is 4.74 Å². The fourth-order valence-electron chi connectivity index (χ4n) is 0.955. The molecule has 3 heteroatoms. The van der Waals surface area contributed by atoms with Crippen molar-refractivity contribution in [3.63, 3.8) is 0 Å². The van der Waals surface area contributed by atoms with Crippen molar-refractivity contribution >= 4 is 11.6 Å². The van der Waals surface area contributed by atoms with Crippen molar-refractivity contribution in [2.24, 2.45) is 0 Å². The minimum Gasteiger partial charge on any atom is -0.474 e. The monoisotopic (exact) mass is 183 g/mol. The van der Waals surface area contributed by atoms with Crippen molar-refractivity contribution in [3.05, 3.63) is 23.9 Å². The molecule has 0 radical (unpaired) electrons. The maximum absolute atomic E-state index is 5.67. The lowest BCUT2D eigenvalue weighted by Gasteiger charge is -2.03. The predicted molar refractivity (Wildman–Crippen MR) is 47.4 cm³/mol. The van der Waals surface area contributed by atoms with Gasteiger partial charge in [-0.25, -0.2) is 4.98 Å². The molecular weight excluding hydrogens is 174 g/mol. The Morgan fingerprint density at radius 3 is 3.08 bits per heavy atom. The average Bonchev–Trinajstić information content (AvgIpc) is 2.89. The van der Waals surface area contributed by atoms with Gasteiger partial charge in [-0.2, -0.15) is 0 Å². The molecule has 0 bridgehead atoms. The van der Waals surface area contributed by atoms with Crippen LogP contribution in [0.1, 0.15) is 18.4 Å². The summed E-state index contributed by atoms with van der Waals surface area (Å²) in [6, 6.07) is 3.79. The number of alkyl halides is 1. The van der Waals surface area contributed by atoms with Gasteiger partial charge in [-0.15, -0.1) is 11.6 Å². The SMILES string of the molecule is ClCc1ccnc(OC2CC2)c1.